The third kappa shape index (κ3) is 6.90. The quantitative estimate of drug-likeness (QED) is 0.152. The predicted octanol–water partition coefficient (Wildman–Crippen LogP) is 6.16. The van der Waals surface area contributed by atoms with Gasteiger partial charge >= 0.3 is 0 Å². The molecule has 2 aliphatic rings. The first kappa shape index (κ1) is 33.8. The van der Waals surface area contributed by atoms with E-state index in [1.807, 2.05) is 35.6 Å². The maximum atomic E-state index is 13.0. The van der Waals surface area contributed by atoms with Crippen LogP contribution in [0.4, 0.5) is 23.1 Å². The van der Waals surface area contributed by atoms with Crippen molar-refractivity contribution in [3.05, 3.63) is 53.8 Å². The highest BCUT2D eigenvalue weighted by Crippen LogP contribution is 2.41. The normalized spacial score (nSPS) is 17.4. The molecule has 6 rings (SSSR count). The zero-order chi connectivity index (χ0) is 34.2. The number of anilines is 4. The molecule has 256 valence electrons. The van der Waals surface area contributed by atoms with E-state index in [-0.39, 0.29) is 51.7 Å². The molecule has 4 heterocycles. The number of piperidine rings is 1. The summed E-state index contributed by atoms with van der Waals surface area (Å²) in [5, 5.41) is 22.0. The number of sulfone groups is 1. The fourth-order valence-electron chi connectivity index (χ4n) is 6.29. The monoisotopic (exact) mass is 695 g/mol. The summed E-state index contributed by atoms with van der Waals surface area (Å²) in [7, 11) is -3.58. The Bertz CT molecular complexity index is 1920. The number of halogens is 1. The van der Waals surface area contributed by atoms with Crippen molar-refractivity contribution in [2.24, 2.45) is 0 Å². The third-order valence-electron chi connectivity index (χ3n) is 8.86. The number of fused-ring (bicyclic) bond motifs is 1. The van der Waals surface area contributed by atoms with Gasteiger partial charge in [-0.25, -0.2) is 13.4 Å². The van der Waals surface area contributed by atoms with Crippen molar-refractivity contribution >= 4 is 61.3 Å². The molecule has 4 N–H and O–H groups in total. The van der Waals surface area contributed by atoms with Crippen LogP contribution in [-0.4, -0.2) is 75.9 Å². The molecule has 2 saturated heterocycles. The topological polar surface area (TPSA) is 151 Å². The minimum absolute atomic E-state index is 0.0412. The summed E-state index contributed by atoms with van der Waals surface area (Å²) in [5.41, 5.74) is 0.879. The van der Waals surface area contributed by atoms with Gasteiger partial charge in [-0.3, -0.25) is 4.79 Å². The number of para-hydroxylation sites is 1. The van der Waals surface area contributed by atoms with Crippen molar-refractivity contribution in [2.75, 3.05) is 30.3 Å². The minimum Gasteiger partial charge on any atom is -0.494 e. The van der Waals surface area contributed by atoms with Crippen LogP contribution >= 0.6 is 11.6 Å². The molecule has 0 saturated carbocycles. The van der Waals surface area contributed by atoms with Crippen LogP contribution in [-0.2, 0) is 14.6 Å². The summed E-state index contributed by atoms with van der Waals surface area (Å²) in [6, 6.07) is 10.2. The Morgan fingerprint density at radius 3 is 2.52 bits per heavy atom. The molecule has 1 atom stereocenters. The van der Waals surface area contributed by atoms with E-state index in [0.717, 1.165) is 37.6 Å². The lowest BCUT2D eigenvalue weighted by Gasteiger charge is -2.34. The van der Waals surface area contributed by atoms with Gasteiger partial charge in [-0.1, -0.05) is 23.7 Å². The lowest BCUT2D eigenvalue weighted by molar-refractivity contribution is -0.134. The number of hydrogen-bond acceptors (Lipinski definition) is 10. The number of nitrogens with zero attached hydrogens (tertiary/aromatic N) is 4. The first-order valence-corrected chi connectivity index (χ1v) is 18.3. The Kier molecular flexibility index (Phi) is 9.73. The third-order valence-corrected chi connectivity index (χ3v) is 11.4. The fraction of sp³-hybridized carbons (Fsp3) is 0.441. The number of ether oxygens (including phenoxy) is 1. The van der Waals surface area contributed by atoms with Gasteiger partial charge in [0.05, 0.1) is 39.9 Å². The summed E-state index contributed by atoms with van der Waals surface area (Å²) >= 11 is 6.46. The molecule has 2 fully saturated rings. The van der Waals surface area contributed by atoms with E-state index in [1.165, 1.54) is 6.20 Å². The SMILES string of the molecule is CC(C)Oc1cc2cn(C3CCN(C(=O)[C@@H]4CCCN4)CC3)c(O)c2cc1Nc1ncc(Cl)c(Nc2ccccc2S(=O)(=O)C(C)C)n1. The molecule has 2 aromatic heterocycles. The van der Waals surface area contributed by atoms with Gasteiger partial charge in [-0.2, -0.15) is 4.98 Å². The Balaban J connectivity index is 1.26. The molecule has 12 nitrogen and oxygen atoms in total. The van der Waals surface area contributed by atoms with Gasteiger partial charge in [-0.05, 0) is 84.2 Å². The Labute approximate surface area is 285 Å². The number of aromatic nitrogens is 3. The van der Waals surface area contributed by atoms with Crippen LogP contribution in [0, 0.1) is 0 Å². The van der Waals surface area contributed by atoms with Crippen LogP contribution in [0.15, 0.2) is 53.7 Å². The summed E-state index contributed by atoms with van der Waals surface area (Å²) < 4.78 is 34.1. The molecule has 0 unspecified atom stereocenters. The average molecular weight is 696 g/mol. The van der Waals surface area contributed by atoms with E-state index in [0.29, 0.717) is 35.6 Å². The first-order chi connectivity index (χ1) is 22.9. The maximum Gasteiger partial charge on any atom is 0.239 e. The highest BCUT2D eigenvalue weighted by molar-refractivity contribution is 7.92. The van der Waals surface area contributed by atoms with Crippen molar-refractivity contribution in [1.29, 1.82) is 0 Å². The summed E-state index contributed by atoms with van der Waals surface area (Å²) in [5.74, 6) is 1.25. The molecule has 14 heteroatoms. The maximum absolute atomic E-state index is 13.0. The van der Waals surface area contributed by atoms with Gasteiger partial charge in [0.2, 0.25) is 11.9 Å². The second kappa shape index (κ2) is 13.8. The van der Waals surface area contributed by atoms with Crippen molar-refractivity contribution in [3.8, 4) is 11.6 Å². The second-order valence-corrected chi connectivity index (χ2v) is 15.8. The van der Waals surface area contributed by atoms with E-state index >= 15 is 0 Å². The van der Waals surface area contributed by atoms with Crippen LogP contribution in [0.5, 0.6) is 11.6 Å². The van der Waals surface area contributed by atoms with Gasteiger partial charge in [0.25, 0.3) is 0 Å². The van der Waals surface area contributed by atoms with E-state index in [4.69, 9.17) is 16.3 Å². The van der Waals surface area contributed by atoms with Crippen LogP contribution in [0.2, 0.25) is 5.02 Å². The van der Waals surface area contributed by atoms with Crippen LogP contribution < -0.4 is 20.7 Å². The fourth-order valence-corrected chi connectivity index (χ4v) is 7.63. The average Bonchev–Trinajstić information content (AvgIpc) is 3.71. The van der Waals surface area contributed by atoms with E-state index in [2.05, 4.69) is 25.9 Å². The van der Waals surface area contributed by atoms with E-state index in [1.54, 1.807) is 44.2 Å². The number of aromatic hydroxyl groups is 1. The number of amides is 1. The zero-order valence-electron chi connectivity index (χ0n) is 27.5. The molecule has 0 spiro atoms. The zero-order valence-corrected chi connectivity index (χ0v) is 29.1. The molecule has 2 aromatic carbocycles. The number of carbonyl (C=O) groups is 1. The molecule has 0 bridgehead atoms. The highest BCUT2D eigenvalue weighted by atomic mass is 35.5. The first-order valence-electron chi connectivity index (χ1n) is 16.4. The standard InChI is InChI=1S/C34H42ClN7O5S/c1-20(2)47-29-16-22-19-42(23-11-14-41(15-12-23)33(44)27-9-7-13-36-27)32(43)24(22)17-28(29)39-34-37-18-25(35)31(40-34)38-26-8-5-6-10-30(26)48(45,46)21(3)4/h5-6,8,10,16-21,23,27,36,43H,7,9,11-15H2,1-4H3,(H2,37,38,39,40)/t27-/m0/s1. The lowest BCUT2D eigenvalue weighted by Crippen LogP contribution is -2.47. The van der Waals surface area contributed by atoms with Crippen molar-refractivity contribution < 1.29 is 23.1 Å². The second-order valence-electron chi connectivity index (χ2n) is 12.9. The van der Waals surface area contributed by atoms with Crippen LogP contribution in [0.25, 0.3) is 10.8 Å². The summed E-state index contributed by atoms with van der Waals surface area (Å²) in [4.78, 5) is 23.9. The molecule has 1 amide bonds. The number of carbonyl (C=O) groups excluding carboxylic acids is 1. The largest absolute Gasteiger partial charge is 0.494 e. The number of benzene rings is 2. The predicted molar refractivity (Wildman–Crippen MR) is 188 cm³/mol. The van der Waals surface area contributed by atoms with Crippen LogP contribution in [0.1, 0.15) is 59.4 Å². The molecular formula is C34H42ClN7O5S. The Hall–Kier alpha value is -4.07. The summed E-state index contributed by atoms with van der Waals surface area (Å²) in [6.07, 6.45) is 6.61. The number of nitrogens with one attached hydrogen (secondary N) is 3. The van der Waals surface area contributed by atoms with Crippen molar-refractivity contribution in [3.63, 3.8) is 0 Å². The van der Waals surface area contributed by atoms with Crippen molar-refractivity contribution in [1.82, 2.24) is 24.8 Å². The van der Waals surface area contributed by atoms with E-state index in [9.17, 15) is 18.3 Å². The molecule has 0 radical (unpaired) electrons. The molecule has 48 heavy (non-hydrogen) atoms. The Morgan fingerprint density at radius 2 is 1.83 bits per heavy atom. The molecule has 4 aromatic rings. The lowest BCUT2D eigenvalue weighted by atomic mass is 10.0. The summed E-state index contributed by atoms with van der Waals surface area (Å²) in [6.45, 7) is 9.28. The van der Waals surface area contributed by atoms with Gasteiger partial charge in [0, 0.05) is 36.1 Å². The van der Waals surface area contributed by atoms with Gasteiger partial charge in [0.1, 0.15) is 10.8 Å². The van der Waals surface area contributed by atoms with Crippen molar-refractivity contribution in [2.45, 2.75) is 81.7 Å². The molecule has 0 aliphatic carbocycles. The van der Waals surface area contributed by atoms with Gasteiger partial charge < -0.3 is 35.3 Å². The highest BCUT2D eigenvalue weighted by Gasteiger charge is 2.31. The smallest absolute Gasteiger partial charge is 0.239 e. The van der Waals surface area contributed by atoms with E-state index < -0.39 is 15.1 Å². The number of hydrogen-bond donors (Lipinski definition) is 4. The molecular weight excluding hydrogens is 654 g/mol. The van der Waals surface area contributed by atoms with Crippen LogP contribution in [0.3, 0.4) is 0 Å². The number of likely N-dealkylation sites (tertiary alicyclic amines) is 1. The van der Waals surface area contributed by atoms with Gasteiger partial charge in [0.15, 0.2) is 21.5 Å². The molecule has 2 aliphatic heterocycles. The Morgan fingerprint density at radius 1 is 1.08 bits per heavy atom. The van der Waals surface area contributed by atoms with Gasteiger partial charge in [-0.15, -0.1) is 0 Å². The number of rotatable bonds is 10. The minimum atomic E-state index is -3.58.